The molecule has 1 N–H and O–H groups in total. The van der Waals surface area contributed by atoms with E-state index in [-0.39, 0.29) is 6.10 Å². The normalized spacial score (nSPS) is 12.6. The zero-order chi connectivity index (χ0) is 13.0. The van der Waals surface area contributed by atoms with Crippen molar-refractivity contribution in [1.29, 1.82) is 0 Å². The Morgan fingerprint density at radius 3 is 2.89 bits per heavy atom. The van der Waals surface area contributed by atoms with E-state index >= 15 is 0 Å². The van der Waals surface area contributed by atoms with Crippen molar-refractivity contribution in [2.24, 2.45) is 0 Å². The molecule has 1 unspecified atom stereocenters. The number of aromatic nitrogens is 1. The maximum Gasteiger partial charge on any atom is 0.0897 e. The quantitative estimate of drug-likeness (QED) is 0.851. The maximum absolute atomic E-state index is 9.99. The van der Waals surface area contributed by atoms with Gasteiger partial charge in [-0.1, -0.05) is 17.7 Å². The molecule has 1 aromatic heterocycles. The first-order valence-corrected chi connectivity index (χ1v) is 7.78. The van der Waals surface area contributed by atoms with E-state index in [1.54, 1.807) is 23.1 Å². The summed E-state index contributed by atoms with van der Waals surface area (Å²) in [6.45, 7) is 4.07. The van der Waals surface area contributed by atoms with E-state index in [9.17, 15) is 5.11 Å². The Balaban J connectivity index is 1.83. The van der Waals surface area contributed by atoms with Crippen LogP contribution in [0.25, 0.3) is 0 Å². The van der Waals surface area contributed by atoms with Gasteiger partial charge in [-0.15, -0.1) is 23.1 Å². The van der Waals surface area contributed by atoms with Crippen molar-refractivity contribution in [1.82, 2.24) is 4.98 Å². The fraction of sp³-hybridized carbons (Fsp3) is 0.357. The molecular formula is C14H17NOS2. The van der Waals surface area contributed by atoms with Gasteiger partial charge in [-0.25, -0.2) is 4.98 Å². The molecule has 0 aliphatic carbocycles. The minimum absolute atomic E-state index is 0.336. The van der Waals surface area contributed by atoms with Crippen molar-refractivity contribution in [3.05, 3.63) is 45.9 Å². The summed E-state index contributed by atoms with van der Waals surface area (Å²) in [6.07, 6.45) is 0.306. The van der Waals surface area contributed by atoms with E-state index in [0.717, 1.165) is 10.7 Å². The minimum Gasteiger partial charge on any atom is -0.392 e. The summed E-state index contributed by atoms with van der Waals surface area (Å²) < 4.78 is 0. The highest BCUT2D eigenvalue weighted by atomic mass is 32.2. The second-order valence-electron chi connectivity index (χ2n) is 4.34. The van der Waals surface area contributed by atoms with E-state index < -0.39 is 0 Å². The molecule has 0 fully saturated rings. The van der Waals surface area contributed by atoms with Gasteiger partial charge in [0.1, 0.15) is 0 Å². The maximum atomic E-state index is 9.99. The largest absolute Gasteiger partial charge is 0.392 e. The molecule has 1 heterocycles. The van der Waals surface area contributed by atoms with Gasteiger partial charge in [-0.2, -0.15) is 0 Å². The molecule has 0 saturated carbocycles. The number of aliphatic hydroxyl groups excluding tert-OH is 1. The molecule has 2 rings (SSSR count). The van der Waals surface area contributed by atoms with Crippen molar-refractivity contribution in [2.75, 3.05) is 5.75 Å². The summed E-state index contributed by atoms with van der Waals surface area (Å²) in [5, 5.41) is 13.1. The zero-order valence-corrected chi connectivity index (χ0v) is 12.2. The Hall–Kier alpha value is -0.840. The number of aryl methyl sites for hydroxylation is 2. The molecule has 1 aromatic carbocycles. The Morgan fingerprint density at radius 2 is 2.22 bits per heavy atom. The van der Waals surface area contributed by atoms with Crippen LogP contribution in [0.4, 0.5) is 0 Å². The summed E-state index contributed by atoms with van der Waals surface area (Å²) in [4.78, 5) is 5.58. The van der Waals surface area contributed by atoms with Gasteiger partial charge in [0.25, 0.3) is 0 Å². The number of hydrogen-bond acceptors (Lipinski definition) is 4. The van der Waals surface area contributed by atoms with Crippen LogP contribution in [0.15, 0.2) is 34.5 Å². The molecule has 0 aliphatic heterocycles. The van der Waals surface area contributed by atoms with Gasteiger partial charge >= 0.3 is 0 Å². The highest BCUT2D eigenvalue weighted by molar-refractivity contribution is 7.99. The molecule has 4 heteroatoms. The number of thiazole rings is 1. The topological polar surface area (TPSA) is 33.1 Å². The van der Waals surface area contributed by atoms with E-state index in [1.807, 2.05) is 18.4 Å². The summed E-state index contributed by atoms with van der Waals surface area (Å²) in [6, 6.07) is 8.36. The monoisotopic (exact) mass is 279 g/mol. The first-order valence-electron chi connectivity index (χ1n) is 5.92. The molecular weight excluding hydrogens is 262 g/mol. The minimum atomic E-state index is -0.336. The lowest BCUT2D eigenvalue weighted by molar-refractivity contribution is 0.199. The number of benzene rings is 1. The lowest BCUT2D eigenvalue weighted by atomic mass is 10.2. The van der Waals surface area contributed by atoms with Crippen molar-refractivity contribution < 1.29 is 5.11 Å². The Labute approximate surface area is 116 Å². The molecule has 0 amide bonds. The van der Waals surface area contributed by atoms with Crippen molar-refractivity contribution in [3.8, 4) is 0 Å². The molecule has 0 aliphatic rings. The summed E-state index contributed by atoms with van der Waals surface area (Å²) >= 11 is 3.33. The van der Waals surface area contributed by atoms with E-state index in [0.29, 0.717) is 12.2 Å². The number of hydrogen-bond donors (Lipinski definition) is 1. The fourth-order valence-corrected chi connectivity index (χ4v) is 3.27. The van der Waals surface area contributed by atoms with Crippen LogP contribution < -0.4 is 0 Å². The third-order valence-electron chi connectivity index (χ3n) is 2.54. The van der Waals surface area contributed by atoms with Gasteiger partial charge in [-0.3, -0.25) is 0 Å². The van der Waals surface area contributed by atoms with Crippen LogP contribution in [-0.2, 0) is 6.42 Å². The van der Waals surface area contributed by atoms with Crippen molar-refractivity contribution >= 4 is 23.1 Å². The summed E-state index contributed by atoms with van der Waals surface area (Å²) in [5.74, 6) is 0.708. The molecule has 2 nitrogen and oxygen atoms in total. The lowest BCUT2D eigenvalue weighted by Gasteiger charge is -2.08. The smallest absolute Gasteiger partial charge is 0.0897 e. The van der Waals surface area contributed by atoms with Crippen LogP contribution in [0.3, 0.4) is 0 Å². The van der Waals surface area contributed by atoms with Gasteiger partial charge < -0.3 is 5.11 Å². The Morgan fingerprint density at radius 1 is 1.39 bits per heavy atom. The number of thioether (sulfide) groups is 1. The molecule has 18 heavy (non-hydrogen) atoms. The van der Waals surface area contributed by atoms with E-state index in [2.05, 4.69) is 30.1 Å². The van der Waals surface area contributed by atoms with Crippen molar-refractivity contribution in [2.45, 2.75) is 31.3 Å². The molecule has 96 valence electrons. The number of nitrogens with zero attached hydrogens (tertiary/aromatic N) is 1. The Kier molecular flexibility index (Phi) is 4.80. The van der Waals surface area contributed by atoms with Gasteiger partial charge in [0.05, 0.1) is 16.8 Å². The van der Waals surface area contributed by atoms with Crippen LogP contribution in [0.5, 0.6) is 0 Å². The molecule has 0 spiro atoms. The summed E-state index contributed by atoms with van der Waals surface area (Å²) in [7, 11) is 0. The lowest BCUT2D eigenvalue weighted by Crippen LogP contribution is -2.13. The molecule has 0 saturated heterocycles. The number of rotatable bonds is 5. The number of aliphatic hydroxyl groups is 1. The first-order chi connectivity index (χ1) is 8.63. The summed E-state index contributed by atoms with van der Waals surface area (Å²) in [5.41, 5.74) is 2.25. The van der Waals surface area contributed by atoms with Gasteiger partial charge in [-0.05, 0) is 26.0 Å². The van der Waals surface area contributed by atoms with Crippen LogP contribution in [-0.4, -0.2) is 21.9 Å². The second-order valence-corrected chi connectivity index (χ2v) is 6.50. The first kappa shape index (κ1) is 13.6. The molecule has 0 bridgehead atoms. The van der Waals surface area contributed by atoms with E-state index in [4.69, 9.17) is 0 Å². The predicted molar refractivity (Wildman–Crippen MR) is 78.5 cm³/mol. The van der Waals surface area contributed by atoms with Gasteiger partial charge in [0.2, 0.25) is 0 Å². The van der Waals surface area contributed by atoms with Crippen LogP contribution >= 0.6 is 23.1 Å². The molecule has 2 aromatic rings. The molecule has 1 atom stereocenters. The van der Waals surface area contributed by atoms with Gasteiger partial charge in [0, 0.05) is 22.4 Å². The third-order valence-corrected chi connectivity index (χ3v) is 4.50. The van der Waals surface area contributed by atoms with Crippen molar-refractivity contribution in [3.63, 3.8) is 0 Å². The average Bonchev–Trinajstić information content (AvgIpc) is 2.72. The zero-order valence-electron chi connectivity index (χ0n) is 10.6. The van der Waals surface area contributed by atoms with E-state index in [1.165, 1.54) is 10.5 Å². The van der Waals surface area contributed by atoms with Crippen LogP contribution in [0, 0.1) is 13.8 Å². The average molecular weight is 279 g/mol. The second kappa shape index (κ2) is 6.36. The predicted octanol–water partition coefficient (Wildman–Crippen LogP) is 3.46. The highest BCUT2D eigenvalue weighted by Crippen LogP contribution is 2.21. The Bertz CT molecular complexity index is 510. The fourth-order valence-electron chi connectivity index (χ4n) is 1.70. The van der Waals surface area contributed by atoms with Crippen LogP contribution in [0.2, 0.25) is 0 Å². The van der Waals surface area contributed by atoms with Gasteiger partial charge in [0.15, 0.2) is 0 Å². The SMILES string of the molecule is Cc1cccc(SCC(O)Cc2csc(C)n2)c1. The molecule has 0 radical (unpaired) electrons. The standard InChI is InChI=1S/C14H17NOS2/c1-10-4-3-5-14(6-10)18-9-13(16)7-12-8-17-11(2)15-12/h3-6,8,13,16H,7,9H2,1-2H3. The highest BCUT2D eigenvalue weighted by Gasteiger charge is 2.08. The van der Waals surface area contributed by atoms with Crippen LogP contribution in [0.1, 0.15) is 16.3 Å². The third kappa shape index (κ3) is 4.12.